The fourth-order valence-corrected chi connectivity index (χ4v) is 1.93. The summed E-state index contributed by atoms with van der Waals surface area (Å²) >= 11 is 0. The molecule has 0 aliphatic rings. The molecule has 0 bridgehead atoms. The molecule has 2 rings (SSSR count). The van der Waals surface area contributed by atoms with Gasteiger partial charge in [-0.1, -0.05) is 44.2 Å². The molecule has 0 fully saturated rings. The van der Waals surface area contributed by atoms with E-state index in [-0.39, 0.29) is 0 Å². The van der Waals surface area contributed by atoms with Gasteiger partial charge in [0.15, 0.2) is 0 Å². The maximum absolute atomic E-state index is 5.92. The number of hydrogen-bond donors (Lipinski definition) is 2. The first-order valence-electron chi connectivity index (χ1n) is 6.76. The van der Waals surface area contributed by atoms with Crippen LogP contribution in [0.4, 0.5) is 5.82 Å². The molecule has 0 unspecified atom stereocenters. The van der Waals surface area contributed by atoms with Crippen LogP contribution in [0.25, 0.3) is 0 Å². The Morgan fingerprint density at radius 3 is 2.55 bits per heavy atom. The lowest BCUT2D eigenvalue weighted by molar-refractivity contribution is 0.303. The molecule has 4 heteroatoms. The van der Waals surface area contributed by atoms with Crippen molar-refractivity contribution in [3.63, 3.8) is 0 Å². The van der Waals surface area contributed by atoms with Crippen LogP contribution in [0, 0.1) is 6.92 Å². The van der Waals surface area contributed by atoms with E-state index in [2.05, 4.69) is 24.3 Å². The minimum absolute atomic E-state index is 0.321. The highest BCUT2D eigenvalue weighted by molar-refractivity contribution is 5.52. The van der Waals surface area contributed by atoms with Gasteiger partial charge >= 0.3 is 0 Å². The smallest absolute Gasteiger partial charge is 0.146 e. The predicted octanol–water partition coefficient (Wildman–Crippen LogP) is 3.38. The minimum Gasteiger partial charge on any atom is -0.488 e. The zero-order chi connectivity index (χ0) is 14.5. The number of rotatable bonds is 5. The van der Waals surface area contributed by atoms with Gasteiger partial charge in [-0.05, 0) is 18.4 Å². The highest BCUT2D eigenvalue weighted by Crippen LogP contribution is 2.28. The Hall–Kier alpha value is -2.07. The fourth-order valence-electron chi connectivity index (χ4n) is 1.93. The van der Waals surface area contributed by atoms with Crippen LogP contribution in [0.1, 0.15) is 36.6 Å². The number of nitrogens with zero attached hydrogens (tertiary/aromatic N) is 1. The van der Waals surface area contributed by atoms with Gasteiger partial charge < -0.3 is 10.2 Å². The largest absolute Gasteiger partial charge is 0.488 e. The first kappa shape index (κ1) is 14.3. The molecule has 0 amide bonds. The maximum atomic E-state index is 5.92. The van der Waals surface area contributed by atoms with Crippen molar-refractivity contribution in [1.82, 2.24) is 4.98 Å². The van der Waals surface area contributed by atoms with Crippen LogP contribution < -0.4 is 16.0 Å². The molecule has 0 spiro atoms. The Kier molecular flexibility index (Phi) is 4.58. The van der Waals surface area contributed by atoms with Crippen LogP contribution >= 0.6 is 0 Å². The summed E-state index contributed by atoms with van der Waals surface area (Å²) in [7, 11) is 0. The van der Waals surface area contributed by atoms with Crippen molar-refractivity contribution < 1.29 is 4.74 Å². The molecule has 4 nitrogen and oxygen atoms in total. The molecule has 0 aliphatic heterocycles. The number of hydrazine groups is 1. The molecule has 3 N–H and O–H groups in total. The summed E-state index contributed by atoms with van der Waals surface area (Å²) in [6, 6.07) is 12.1. The van der Waals surface area contributed by atoms with Gasteiger partial charge in [0.1, 0.15) is 18.2 Å². The summed E-state index contributed by atoms with van der Waals surface area (Å²) in [5.74, 6) is 7.33. The second kappa shape index (κ2) is 6.39. The van der Waals surface area contributed by atoms with Gasteiger partial charge in [0, 0.05) is 17.3 Å². The molecular weight excluding hydrogens is 250 g/mol. The number of nitrogens with two attached hydrogens (primary N) is 1. The lowest BCUT2D eigenvalue weighted by Gasteiger charge is -2.15. The van der Waals surface area contributed by atoms with Crippen molar-refractivity contribution in [2.45, 2.75) is 33.3 Å². The third-order valence-electron chi connectivity index (χ3n) is 3.21. The maximum Gasteiger partial charge on any atom is 0.146 e. The first-order valence-corrected chi connectivity index (χ1v) is 6.76. The Bertz CT molecular complexity index is 567. The van der Waals surface area contributed by atoms with Crippen LogP contribution in [0.15, 0.2) is 36.4 Å². The summed E-state index contributed by atoms with van der Waals surface area (Å²) in [5.41, 5.74) is 5.66. The Morgan fingerprint density at radius 2 is 1.95 bits per heavy atom. The van der Waals surface area contributed by atoms with E-state index in [1.165, 1.54) is 0 Å². The summed E-state index contributed by atoms with van der Waals surface area (Å²) in [6.45, 7) is 6.68. The number of anilines is 1. The summed E-state index contributed by atoms with van der Waals surface area (Å²) in [4.78, 5) is 4.49. The lowest BCUT2D eigenvalue weighted by Crippen LogP contribution is -2.12. The molecule has 0 saturated carbocycles. The molecule has 0 radical (unpaired) electrons. The van der Waals surface area contributed by atoms with Crippen LogP contribution in [0.2, 0.25) is 0 Å². The van der Waals surface area contributed by atoms with Gasteiger partial charge in [0.25, 0.3) is 0 Å². The normalized spacial score (nSPS) is 10.7. The monoisotopic (exact) mass is 271 g/mol. The Morgan fingerprint density at radius 1 is 1.25 bits per heavy atom. The molecule has 0 atom stereocenters. The number of aromatic nitrogens is 1. The van der Waals surface area contributed by atoms with E-state index in [0.717, 1.165) is 22.6 Å². The Labute approximate surface area is 120 Å². The summed E-state index contributed by atoms with van der Waals surface area (Å²) in [6.07, 6.45) is 0. The van der Waals surface area contributed by atoms with Crippen molar-refractivity contribution in [2.75, 3.05) is 5.43 Å². The van der Waals surface area contributed by atoms with Crippen molar-refractivity contribution in [3.05, 3.63) is 53.2 Å². The average Bonchev–Trinajstić information content (AvgIpc) is 2.47. The van der Waals surface area contributed by atoms with Crippen molar-refractivity contribution in [2.24, 2.45) is 5.84 Å². The second-order valence-corrected chi connectivity index (χ2v) is 5.09. The van der Waals surface area contributed by atoms with Gasteiger partial charge in [0.2, 0.25) is 0 Å². The minimum atomic E-state index is 0.321. The van der Waals surface area contributed by atoms with Gasteiger partial charge in [0.05, 0.1) is 0 Å². The van der Waals surface area contributed by atoms with E-state index in [0.29, 0.717) is 18.3 Å². The van der Waals surface area contributed by atoms with Gasteiger partial charge in [-0.25, -0.2) is 10.8 Å². The van der Waals surface area contributed by atoms with E-state index in [1.54, 1.807) is 0 Å². The van der Waals surface area contributed by atoms with Crippen molar-refractivity contribution in [1.29, 1.82) is 0 Å². The second-order valence-electron chi connectivity index (χ2n) is 5.09. The van der Waals surface area contributed by atoms with Crippen LogP contribution in [-0.2, 0) is 6.61 Å². The lowest BCUT2D eigenvalue weighted by atomic mass is 10.1. The molecule has 106 valence electrons. The number of ether oxygens (including phenoxy) is 1. The summed E-state index contributed by atoms with van der Waals surface area (Å²) in [5, 5.41) is 0. The fraction of sp³-hybridized carbons (Fsp3) is 0.312. The number of nitrogen functional groups attached to an aromatic ring is 1. The number of benzene rings is 1. The third-order valence-corrected chi connectivity index (χ3v) is 3.21. The van der Waals surface area contributed by atoms with Crippen molar-refractivity contribution in [3.8, 4) is 5.75 Å². The molecule has 2 aromatic rings. The molecule has 0 saturated heterocycles. The summed E-state index contributed by atoms with van der Waals surface area (Å²) < 4.78 is 5.92. The standard InChI is InChI=1S/C16H21N3O/c1-11(2)14-9-15(12(3)16(18-14)19-17)20-10-13-7-5-4-6-8-13/h4-9,11H,10,17H2,1-3H3,(H,18,19). The SMILES string of the molecule is Cc1c(OCc2ccccc2)cc(C(C)C)nc1NN. The van der Waals surface area contributed by atoms with E-state index >= 15 is 0 Å². The van der Waals surface area contributed by atoms with Crippen LogP contribution in [0.3, 0.4) is 0 Å². The average molecular weight is 271 g/mol. The molecular formula is C16H21N3O. The number of nitrogens with one attached hydrogen (secondary N) is 1. The highest BCUT2D eigenvalue weighted by Gasteiger charge is 2.11. The predicted molar refractivity (Wildman–Crippen MR) is 81.6 cm³/mol. The highest BCUT2D eigenvalue weighted by atomic mass is 16.5. The quantitative estimate of drug-likeness (QED) is 0.646. The van der Waals surface area contributed by atoms with Gasteiger partial charge in [-0.2, -0.15) is 0 Å². The van der Waals surface area contributed by atoms with E-state index < -0.39 is 0 Å². The topological polar surface area (TPSA) is 60.2 Å². The van der Waals surface area contributed by atoms with Gasteiger partial charge in [-0.15, -0.1) is 0 Å². The molecule has 20 heavy (non-hydrogen) atoms. The first-order chi connectivity index (χ1) is 9.61. The van der Waals surface area contributed by atoms with Gasteiger partial charge in [-0.3, -0.25) is 0 Å². The third kappa shape index (κ3) is 3.27. The van der Waals surface area contributed by atoms with E-state index in [9.17, 15) is 0 Å². The Balaban J connectivity index is 2.24. The molecule has 1 aromatic carbocycles. The van der Waals surface area contributed by atoms with E-state index in [1.807, 2.05) is 43.3 Å². The zero-order valence-electron chi connectivity index (χ0n) is 12.2. The zero-order valence-corrected chi connectivity index (χ0v) is 12.2. The molecule has 0 aliphatic carbocycles. The molecule has 1 heterocycles. The van der Waals surface area contributed by atoms with E-state index in [4.69, 9.17) is 10.6 Å². The number of hydrogen-bond acceptors (Lipinski definition) is 4. The number of pyridine rings is 1. The molecule has 1 aromatic heterocycles. The van der Waals surface area contributed by atoms with Crippen LogP contribution in [-0.4, -0.2) is 4.98 Å². The van der Waals surface area contributed by atoms with Crippen LogP contribution in [0.5, 0.6) is 5.75 Å². The van der Waals surface area contributed by atoms with Crippen molar-refractivity contribution >= 4 is 5.82 Å².